The summed E-state index contributed by atoms with van der Waals surface area (Å²) in [6, 6.07) is 6.85. The maximum Gasteiger partial charge on any atom is 0.272 e. The standard InChI is InChI=1S/C15H20F2N2O2/c16-14(17)10-21-13-5-1-3-11(7-13)8-19-15(20)12-4-2-6-18-9-12/h1,3,5,7,12,14,18H,2,4,6,8-10H2,(H,19,20). The number of halogens is 2. The first-order valence-corrected chi connectivity index (χ1v) is 7.13. The van der Waals surface area contributed by atoms with Crippen LogP contribution in [0.4, 0.5) is 8.78 Å². The summed E-state index contributed by atoms with van der Waals surface area (Å²) in [4.78, 5) is 12.0. The summed E-state index contributed by atoms with van der Waals surface area (Å²) in [5.74, 6) is 0.430. The number of amides is 1. The SMILES string of the molecule is O=C(NCc1cccc(OCC(F)F)c1)C1CCCNC1. The maximum absolute atomic E-state index is 12.1. The second-order valence-electron chi connectivity index (χ2n) is 5.11. The Morgan fingerprint density at radius 2 is 2.33 bits per heavy atom. The Bertz CT molecular complexity index is 463. The fourth-order valence-electron chi connectivity index (χ4n) is 2.31. The van der Waals surface area contributed by atoms with E-state index in [4.69, 9.17) is 4.74 Å². The topological polar surface area (TPSA) is 50.4 Å². The second-order valence-corrected chi connectivity index (χ2v) is 5.11. The lowest BCUT2D eigenvalue weighted by Crippen LogP contribution is -2.40. The van der Waals surface area contributed by atoms with Crippen molar-refractivity contribution in [2.45, 2.75) is 25.8 Å². The van der Waals surface area contributed by atoms with E-state index in [-0.39, 0.29) is 11.8 Å². The van der Waals surface area contributed by atoms with Gasteiger partial charge in [-0.2, -0.15) is 0 Å². The average Bonchev–Trinajstić information content (AvgIpc) is 2.52. The van der Waals surface area contributed by atoms with Gasteiger partial charge in [0.05, 0.1) is 5.92 Å². The van der Waals surface area contributed by atoms with Gasteiger partial charge in [-0.15, -0.1) is 0 Å². The van der Waals surface area contributed by atoms with Gasteiger partial charge in [-0.25, -0.2) is 8.78 Å². The van der Waals surface area contributed by atoms with Crippen LogP contribution in [0.1, 0.15) is 18.4 Å². The Morgan fingerprint density at radius 1 is 1.48 bits per heavy atom. The van der Waals surface area contributed by atoms with Crippen molar-refractivity contribution in [2.24, 2.45) is 5.92 Å². The van der Waals surface area contributed by atoms with Crippen molar-refractivity contribution in [3.05, 3.63) is 29.8 Å². The first kappa shape index (κ1) is 15.7. The zero-order valence-electron chi connectivity index (χ0n) is 11.8. The molecule has 21 heavy (non-hydrogen) atoms. The maximum atomic E-state index is 12.1. The monoisotopic (exact) mass is 298 g/mol. The number of rotatable bonds is 6. The molecule has 0 spiro atoms. The van der Waals surface area contributed by atoms with E-state index in [0.717, 1.165) is 24.9 Å². The molecule has 1 aromatic carbocycles. The lowest BCUT2D eigenvalue weighted by Gasteiger charge is -2.21. The van der Waals surface area contributed by atoms with Crippen molar-refractivity contribution in [3.63, 3.8) is 0 Å². The molecule has 0 saturated carbocycles. The van der Waals surface area contributed by atoms with Crippen molar-refractivity contribution < 1.29 is 18.3 Å². The molecule has 1 fully saturated rings. The van der Waals surface area contributed by atoms with Crippen LogP contribution < -0.4 is 15.4 Å². The Hall–Kier alpha value is -1.69. The van der Waals surface area contributed by atoms with E-state index in [9.17, 15) is 13.6 Å². The van der Waals surface area contributed by atoms with E-state index in [1.165, 1.54) is 0 Å². The van der Waals surface area contributed by atoms with Gasteiger partial charge in [0.15, 0.2) is 0 Å². The Balaban J connectivity index is 1.82. The number of hydrogen-bond donors (Lipinski definition) is 2. The van der Waals surface area contributed by atoms with Gasteiger partial charge in [0, 0.05) is 13.1 Å². The van der Waals surface area contributed by atoms with Gasteiger partial charge in [0.1, 0.15) is 12.4 Å². The van der Waals surface area contributed by atoms with Gasteiger partial charge < -0.3 is 15.4 Å². The predicted molar refractivity (Wildman–Crippen MR) is 75.4 cm³/mol. The molecule has 0 aliphatic carbocycles. The van der Waals surface area contributed by atoms with E-state index in [1.54, 1.807) is 18.2 Å². The number of hydrogen-bond acceptors (Lipinski definition) is 3. The quantitative estimate of drug-likeness (QED) is 0.844. The first-order valence-electron chi connectivity index (χ1n) is 7.13. The molecule has 4 nitrogen and oxygen atoms in total. The molecule has 116 valence electrons. The molecule has 1 saturated heterocycles. The minimum atomic E-state index is -2.49. The minimum Gasteiger partial charge on any atom is -0.488 e. The highest BCUT2D eigenvalue weighted by Gasteiger charge is 2.20. The number of benzene rings is 1. The summed E-state index contributed by atoms with van der Waals surface area (Å²) >= 11 is 0. The van der Waals surface area contributed by atoms with Gasteiger partial charge in [-0.1, -0.05) is 12.1 Å². The number of carbonyl (C=O) groups is 1. The largest absolute Gasteiger partial charge is 0.488 e. The average molecular weight is 298 g/mol. The van der Waals surface area contributed by atoms with Crippen LogP contribution in [0.2, 0.25) is 0 Å². The third kappa shape index (κ3) is 5.30. The van der Waals surface area contributed by atoms with Crippen LogP contribution in [0.25, 0.3) is 0 Å². The number of ether oxygens (including phenoxy) is 1. The van der Waals surface area contributed by atoms with E-state index < -0.39 is 13.0 Å². The molecule has 0 bridgehead atoms. The van der Waals surface area contributed by atoms with Crippen molar-refractivity contribution >= 4 is 5.91 Å². The Morgan fingerprint density at radius 3 is 3.05 bits per heavy atom. The molecule has 1 atom stereocenters. The lowest BCUT2D eigenvalue weighted by molar-refractivity contribution is -0.125. The summed E-state index contributed by atoms with van der Waals surface area (Å²) in [7, 11) is 0. The van der Waals surface area contributed by atoms with Crippen LogP contribution >= 0.6 is 0 Å². The van der Waals surface area contributed by atoms with Gasteiger partial charge in [0.25, 0.3) is 6.43 Å². The van der Waals surface area contributed by atoms with E-state index >= 15 is 0 Å². The fourth-order valence-corrected chi connectivity index (χ4v) is 2.31. The lowest BCUT2D eigenvalue weighted by atomic mass is 9.99. The van der Waals surface area contributed by atoms with Gasteiger partial charge >= 0.3 is 0 Å². The zero-order valence-corrected chi connectivity index (χ0v) is 11.8. The van der Waals surface area contributed by atoms with Crippen LogP contribution in [-0.2, 0) is 11.3 Å². The molecule has 2 N–H and O–H groups in total. The van der Waals surface area contributed by atoms with Crippen LogP contribution in [0.5, 0.6) is 5.75 Å². The minimum absolute atomic E-state index is 0.0111. The molecule has 1 amide bonds. The number of alkyl halides is 2. The van der Waals surface area contributed by atoms with Gasteiger partial charge in [-0.3, -0.25) is 4.79 Å². The predicted octanol–water partition coefficient (Wildman–Crippen LogP) is 1.95. The first-order chi connectivity index (χ1) is 10.1. The molecule has 0 aromatic heterocycles. The number of nitrogens with one attached hydrogen (secondary N) is 2. The molecule has 0 radical (unpaired) electrons. The van der Waals surface area contributed by atoms with E-state index in [2.05, 4.69) is 10.6 Å². The summed E-state index contributed by atoms with van der Waals surface area (Å²) < 4.78 is 29.1. The number of carbonyl (C=O) groups excluding carboxylic acids is 1. The van der Waals surface area contributed by atoms with Crippen molar-refractivity contribution in [1.82, 2.24) is 10.6 Å². The van der Waals surface area contributed by atoms with Crippen molar-refractivity contribution in [1.29, 1.82) is 0 Å². The Labute approximate surface area is 122 Å². The molecule has 1 heterocycles. The highest BCUT2D eigenvalue weighted by molar-refractivity contribution is 5.78. The van der Waals surface area contributed by atoms with Crippen molar-refractivity contribution in [2.75, 3.05) is 19.7 Å². The van der Waals surface area contributed by atoms with Crippen LogP contribution in [0.15, 0.2) is 24.3 Å². The molecular formula is C15H20F2N2O2. The third-order valence-corrected chi connectivity index (χ3v) is 3.41. The highest BCUT2D eigenvalue weighted by atomic mass is 19.3. The molecule has 1 unspecified atom stereocenters. The molecule has 1 aromatic rings. The molecule has 1 aliphatic heterocycles. The summed E-state index contributed by atoms with van der Waals surface area (Å²) in [5, 5.41) is 6.08. The molecular weight excluding hydrogens is 278 g/mol. The fraction of sp³-hybridized carbons (Fsp3) is 0.533. The second kappa shape index (κ2) is 7.93. The van der Waals surface area contributed by atoms with Crippen LogP contribution in [-0.4, -0.2) is 32.0 Å². The summed E-state index contributed by atoms with van der Waals surface area (Å²) in [5.41, 5.74) is 0.832. The normalized spacial score (nSPS) is 18.5. The Kier molecular flexibility index (Phi) is 5.92. The smallest absolute Gasteiger partial charge is 0.272 e. The molecule has 6 heteroatoms. The third-order valence-electron chi connectivity index (χ3n) is 3.41. The molecule has 1 aliphatic rings. The highest BCUT2D eigenvalue weighted by Crippen LogP contribution is 2.15. The van der Waals surface area contributed by atoms with E-state index in [0.29, 0.717) is 18.8 Å². The van der Waals surface area contributed by atoms with Gasteiger partial charge in [0.2, 0.25) is 5.91 Å². The van der Waals surface area contributed by atoms with Crippen molar-refractivity contribution in [3.8, 4) is 5.75 Å². The zero-order chi connectivity index (χ0) is 15.1. The summed E-state index contributed by atoms with van der Waals surface area (Å²) in [6.45, 7) is 1.43. The summed E-state index contributed by atoms with van der Waals surface area (Å²) in [6.07, 6.45) is -0.585. The number of piperidine rings is 1. The van der Waals surface area contributed by atoms with Crippen LogP contribution in [0.3, 0.4) is 0 Å². The van der Waals surface area contributed by atoms with Crippen LogP contribution in [0, 0.1) is 5.92 Å². The molecule has 2 rings (SSSR count). The van der Waals surface area contributed by atoms with Gasteiger partial charge in [-0.05, 0) is 37.1 Å². The van der Waals surface area contributed by atoms with E-state index in [1.807, 2.05) is 6.07 Å².